The maximum Gasteiger partial charge on any atom is 0.223 e. The molecule has 2 N–H and O–H groups in total. The van der Waals surface area contributed by atoms with Crippen LogP contribution in [0.3, 0.4) is 0 Å². The number of rotatable bonds is 8. The van der Waals surface area contributed by atoms with E-state index in [9.17, 15) is 9.18 Å². The molecule has 20 heavy (non-hydrogen) atoms. The summed E-state index contributed by atoms with van der Waals surface area (Å²) in [5, 5.41) is 5.74. The number of hydrogen-bond donors (Lipinski definition) is 2. The van der Waals surface area contributed by atoms with Gasteiger partial charge in [0.05, 0.1) is 13.0 Å². The van der Waals surface area contributed by atoms with Crippen molar-refractivity contribution in [2.45, 2.75) is 26.8 Å². The van der Waals surface area contributed by atoms with E-state index in [0.29, 0.717) is 12.5 Å². The molecule has 4 nitrogen and oxygen atoms in total. The summed E-state index contributed by atoms with van der Waals surface area (Å²) in [6.07, 6.45) is 0.216. The molecule has 0 spiro atoms. The first-order chi connectivity index (χ1) is 9.52. The number of amides is 1. The highest BCUT2D eigenvalue weighted by molar-refractivity contribution is 5.75. The molecular weight excluding hydrogens is 259 g/mol. The quantitative estimate of drug-likeness (QED) is 0.767. The Morgan fingerprint density at radius 2 is 2.15 bits per heavy atom. The van der Waals surface area contributed by atoms with Crippen molar-refractivity contribution in [1.29, 1.82) is 0 Å². The van der Waals surface area contributed by atoms with Crippen molar-refractivity contribution in [3.63, 3.8) is 0 Å². The fourth-order valence-corrected chi connectivity index (χ4v) is 1.66. The van der Waals surface area contributed by atoms with Gasteiger partial charge in [0.2, 0.25) is 5.91 Å². The van der Waals surface area contributed by atoms with Gasteiger partial charge in [0.25, 0.3) is 0 Å². The van der Waals surface area contributed by atoms with E-state index in [1.165, 1.54) is 6.07 Å². The molecule has 0 aliphatic rings. The highest BCUT2D eigenvalue weighted by Crippen LogP contribution is 2.18. The predicted octanol–water partition coefficient (Wildman–Crippen LogP) is 2.09. The minimum atomic E-state index is -0.397. The zero-order chi connectivity index (χ0) is 15.0. The second-order valence-electron chi connectivity index (χ2n) is 5.06. The summed E-state index contributed by atoms with van der Waals surface area (Å²) in [6, 6.07) is 4.89. The number of nitrogens with one attached hydrogen (secondary N) is 2. The molecule has 0 bridgehead atoms. The third kappa shape index (κ3) is 6.02. The molecule has 0 fully saturated rings. The monoisotopic (exact) mass is 282 g/mol. The number of carbonyl (C=O) groups is 1. The van der Waals surface area contributed by atoms with Gasteiger partial charge >= 0.3 is 0 Å². The average molecular weight is 282 g/mol. The molecule has 0 atom stereocenters. The number of halogens is 1. The zero-order valence-electron chi connectivity index (χ0n) is 12.3. The number of benzene rings is 1. The fourth-order valence-electron chi connectivity index (χ4n) is 1.66. The Labute approximate surface area is 119 Å². The lowest BCUT2D eigenvalue weighted by Crippen LogP contribution is -2.20. The molecule has 112 valence electrons. The van der Waals surface area contributed by atoms with Crippen molar-refractivity contribution in [3.8, 4) is 5.75 Å². The lowest BCUT2D eigenvalue weighted by Gasteiger charge is -2.10. The average Bonchev–Trinajstić information content (AvgIpc) is 2.40. The minimum absolute atomic E-state index is 0.125. The van der Waals surface area contributed by atoms with E-state index in [-0.39, 0.29) is 24.7 Å². The normalized spacial score (nSPS) is 10.7. The summed E-state index contributed by atoms with van der Waals surface area (Å²) in [5.41, 5.74) is 0.877. The first-order valence-electron chi connectivity index (χ1n) is 6.85. The van der Waals surface area contributed by atoms with E-state index in [0.717, 1.165) is 12.1 Å². The van der Waals surface area contributed by atoms with E-state index in [4.69, 9.17) is 4.74 Å². The number of carbonyl (C=O) groups excluding carboxylic acids is 1. The van der Waals surface area contributed by atoms with Crippen molar-refractivity contribution in [3.05, 3.63) is 29.6 Å². The molecule has 0 unspecified atom stereocenters. The van der Waals surface area contributed by atoms with Crippen LogP contribution in [0.4, 0.5) is 4.39 Å². The maximum absolute atomic E-state index is 13.8. The molecule has 0 aromatic heterocycles. The fraction of sp³-hybridized carbons (Fsp3) is 0.533. The standard InChI is InChI=1S/C15H23FN2O2/c1-11(2)9-18-10-12-4-5-14(13(16)8-12)20-7-6-15(19)17-3/h4-5,8,11,18H,6-7,9-10H2,1-3H3,(H,17,19). The summed E-state index contributed by atoms with van der Waals surface area (Å²) in [4.78, 5) is 11.0. The van der Waals surface area contributed by atoms with Gasteiger partial charge < -0.3 is 15.4 Å². The first-order valence-corrected chi connectivity index (χ1v) is 6.85. The molecule has 1 amide bonds. The summed E-state index contributed by atoms with van der Waals surface area (Å²) in [6.45, 7) is 5.94. The Hall–Kier alpha value is -1.62. The molecule has 5 heteroatoms. The maximum atomic E-state index is 13.8. The molecule has 0 aliphatic heterocycles. The smallest absolute Gasteiger partial charge is 0.223 e. The largest absolute Gasteiger partial charge is 0.490 e. The van der Waals surface area contributed by atoms with Crippen molar-refractivity contribution in [2.24, 2.45) is 5.92 Å². The van der Waals surface area contributed by atoms with Crippen LogP contribution in [0.25, 0.3) is 0 Å². The summed E-state index contributed by atoms with van der Waals surface area (Å²) in [5.74, 6) is 0.222. The Balaban J connectivity index is 2.44. The van der Waals surface area contributed by atoms with Gasteiger partial charge in [0.1, 0.15) is 0 Å². The minimum Gasteiger partial charge on any atom is -0.490 e. The summed E-state index contributed by atoms with van der Waals surface area (Å²) in [7, 11) is 1.56. The lowest BCUT2D eigenvalue weighted by molar-refractivity contribution is -0.121. The van der Waals surface area contributed by atoms with Crippen LogP contribution in [0.5, 0.6) is 5.75 Å². The third-order valence-corrected chi connectivity index (χ3v) is 2.74. The van der Waals surface area contributed by atoms with E-state index < -0.39 is 5.82 Å². The molecule has 0 aliphatic carbocycles. The molecule has 0 saturated carbocycles. The number of ether oxygens (including phenoxy) is 1. The second-order valence-corrected chi connectivity index (χ2v) is 5.06. The van der Waals surface area contributed by atoms with Gasteiger partial charge in [0, 0.05) is 13.6 Å². The molecule has 1 aromatic rings. The molecule has 0 radical (unpaired) electrons. The van der Waals surface area contributed by atoms with E-state index in [2.05, 4.69) is 24.5 Å². The molecular formula is C15H23FN2O2. The van der Waals surface area contributed by atoms with Gasteiger partial charge in [-0.1, -0.05) is 19.9 Å². The molecule has 1 rings (SSSR count). The Kier molecular flexibility index (Phi) is 7.01. The van der Waals surface area contributed by atoms with Crippen LogP contribution in [0.15, 0.2) is 18.2 Å². The SMILES string of the molecule is CNC(=O)CCOc1ccc(CNCC(C)C)cc1F. The van der Waals surface area contributed by atoms with Crippen LogP contribution < -0.4 is 15.4 Å². The summed E-state index contributed by atoms with van der Waals surface area (Å²) < 4.78 is 19.0. The first kappa shape index (κ1) is 16.4. The molecule has 1 aromatic carbocycles. The Morgan fingerprint density at radius 1 is 1.40 bits per heavy atom. The van der Waals surface area contributed by atoms with Gasteiger partial charge in [-0.3, -0.25) is 4.79 Å². The van der Waals surface area contributed by atoms with Crippen molar-refractivity contribution in [2.75, 3.05) is 20.2 Å². The van der Waals surface area contributed by atoms with Crippen LogP contribution in [0, 0.1) is 11.7 Å². The third-order valence-electron chi connectivity index (χ3n) is 2.74. The molecule has 0 saturated heterocycles. The lowest BCUT2D eigenvalue weighted by atomic mass is 10.2. The van der Waals surface area contributed by atoms with Crippen molar-refractivity contribution >= 4 is 5.91 Å². The highest BCUT2D eigenvalue weighted by atomic mass is 19.1. The molecule has 0 heterocycles. The van der Waals surface area contributed by atoms with Crippen LogP contribution in [-0.4, -0.2) is 26.1 Å². The predicted molar refractivity (Wildman–Crippen MR) is 77.1 cm³/mol. The van der Waals surface area contributed by atoms with Gasteiger partial charge in [-0.15, -0.1) is 0 Å². The number of hydrogen-bond acceptors (Lipinski definition) is 3. The Morgan fingerprint density at radius 3 is 2.75 bits per heavy atom. The second kappa shape index (κ2) is 8.53. The van der Waals surface area contributed by atoms with E-state index in [1.54, 1.807) is 13.1 Å². The van der Waals surface area contributed by atoms with Crippen molar-refractivity contribution in [1.82, 2.24) is 10.6 Å². The summed E-state index contributed by atoms with van der Waals surface area (Å²) >= 11 is 0. The highest BCUT2D eigenvalue weighted by Gasteiger charge is 2.06. The van der Waals surface area contributed by atoms with Gasteiger partial charge in [-0.25, -0.2) is 4.39 Å². The Bertz CT molecular complexity index is 436. The van der Waals surface area contributed by atoms with E-state index in [1.807, 2.05) is 6.07 Å². The van der Waals surface area contributed by atoms with Crippen LogP contribution in [0.1, 0.15) is 25.8 Å². The zero-order valence-corrected chi connectivity index (χ0v) is 12.3. The van der Waals surface area contributed by atoms with Crippen molar-refractivity contribution < 1.29 is 13.9 Å². The van der Waals surface area contributed by atoms with Gasteiger partial charge in [0.15, 0.2) is 11.6 Å². The van der Waals surface area contributed by atoms with Gasteiger partial charge in [-0.05, 0) is 30.2 Å². The van der Waals surface area contributed by atoms with Gasteiger partial charge in [-0.2, -0.15) is 0 Å². The van der Waals surface area contributed by atoms with Crippen LogP contribution >= 0.6 is 0 Å². The van der Waals surface area contributed by atoms with Crippen LogP contribution in [-0.2, 0) is 11.3 Å². The van der Waals surface area contributed by atoms with Crippen LogP contribution in [0.2, 0.25) is 0 Å². The van der Waals surface area contributed by atoms with E-state index >= 15 is 0 Å². The topological polar surface area (TPSA) is 50.4 Å².